The van der Waals surface area contributed by atoms with E-state index in [1.807, 2.05) is 4.57 Å². The molecular weight excluding hydrogens is 272 g/mol. The minimum atomic E-state index is -0.834. The topological polar surface area (TPSA) is 39.9 Å². The number of ether oxygens (including phenoxy) is 1. The quantitative estimate of drug-likeness (QED) is 0.765. The molecule has 7 heteroatoms. The highest BCUT2D eigenvalue weighted by Crippen LogP contribution is 2.23. The molecule has 102 valence electrons. The molecule has 0 aliphatic heterocycles. The van der Waals surface area contributed by atoms with Crippen LogP contribution in [-0.4, -0.2) is 28.5 Å². The van der Waals surface area contributed by atoms with Gasteiger partial charge < -0.3 is 9.30 Å². The Morgan fingerprint density at radius 3 is 3.00 bits per heavy atom. The highest BCUT2D eigenvalue weighted by molar-refractivity contribution is 7.98. The summed E-state index contributed by atoms with van der Waals surface area (Å²) in [5.74, 6) is -1.34. The maximum Gasteiger partial charge on any atom is 0.191 e. The number of nitrogens with zero attached hydrogens (tertiary/aromatic N) is 3. The number of halogens is 2. The molecule has 0 N–H and O–H groups in total. The Labute approximate surface area is 113 Å². The van der Waals surface area contributed by atoms with E-state index in [1.54, 1.807) is 19.5 Å². The van der Waals surface area contributed by atoms with Gasteiger partial charge in [-0.15, -0.1) is 10.2 Å². The third-order valence-electron chi connectivity index (χ3n) is 2.50. The number of aromatic nitrogens is 3. The van der Waals surface area contributed by atoms with Gasteiger partial charge >= 0.3 is 0 Å². The Bertz CT molecular complexity index is 548. The van der Waals surface area contributed by atoms with Crippen LogP contribution in [0.4, 0.5) is 8.78 Å². The summed E-state index contributed by atoms with van der Waals surface area (Å²) in [5, 5.41) is 8.39. The molecule has 1 aromatic carbocycles. The molecule has 1 heterocycles. The molecule has 4 nitrogen and oxygen atoms in total. The fraction of sp³-hybridized carbons (Fsp3) is 0.333. The van der Waals surface area contributed by atoms with E-state index < -0.39 is 11.6 Å². The predicted molar refractivity (Wildman–Crippen MR) is 67.8 cm³/mol. The standard InChI is InChI=1S/C12H13F2N3OS/c1-18-6-5-17-8-15-16-12(17)19-7-9-3-2-4-10(13)11(9)14/h2-4,8H,5-7H2,1H3. The van der Waals surface area contributed by atoms with Crippen LogP contribution in [-0.2, 0) is 17.0 Å². The number of thioether (sulfide) groups is 1. The largest absolute Gasteiger partial charge is 0.383 e. The van der Waals surface area contributed by atoms with Crippen molar-refractivity contribution >= 4 is 11.8 Å². The number of hydrogen-bond donors (Lipinski definition) is 0. The van der Waals surface area contributed by atoms with Crippen LogP contribution in [0.2, 0.25) is 0 Å². The van der Waals surface area contributed by atoms with E-state index in [-0.39, 0.29) is 0 Å². The van der Waals surface area contributed by atoms with Crippen molar-refractivity contribution in [2.24, 2.45) is 0 Å². The molecule has 0 atom stereocenters. The van der Waals surface area contributed by atoms with E-state index in [2.05, 4.69) is 10.2 Å². The first-order valence-corrected chi connectivity index (χ1v) is 6.63. The third-order valence-corrected chi connectivity index (χ3v) is 3.53. The first-order chi connectivity index (χ1) is 9.22. The zero-order chi connectivity index (χ0) is 13.7. The zero-order valence-electron chi connectivity index (χ0n) is 10.3. The molecule has 0 spiro atoms. The van der Waals surface area contributed by atoms with Gasteiger partial charge in [0.1, 0.15) is 6.33 Å². The number of rotatable bonds is 6. The molecule has 0 fully saturated rings. The van der Waals surface area contributed by atoms with Gasteiger partial charge in [0.05, 0.1) is 6.61 Å². The summed E-state index contributed by atoms with van der Waals surface area (Å²) in [6.07, 6.45) is 1.59. The van der Waals surface area contributed by atoms with Crippen molar-refractivity contribution < 1.29 is 13.5 Å². The van der Waals surface area contributed by atoms with Crippen LogP contribution in [0.25, 0.3) is 0 Å². The Balaban J connectivity index is 2.02. The van der Waals surface area contributed by atoms with Crippen molar-refractivity contribution in [1.29, 1.82) is 0 Å². The Hall–Kier alpha value is -1.47. The number of methoxy groups -OCH3 is 1. The van der Waals surface area contributed by atoms with E-state index in [0.717, 1.165) is 6.07 Å². The van der Waals surface area contributed by atoms with Crippen molar-refractivity contribution in [3.05, 3.63) is 41.7 Å². The molecule has 2 rings (SSSR count). The molecule has 19 heavy (non-hydrogen) atoms. The molecule has 2 aromatic rings. The van der Waals surface area contributed by atoms with Crippen LogP contribution in [0, 0.1) is 11.6 Å². The van der Waals surface area contributed by atoms with Crippen LogP contribution < -0.4 is 0 Å². The van der Waals surface area contributed by atoms with Crippen LogP contribution >= 0.6 is 11.8 Å². The average Bonchev–Trinajstić information content (AvgIpc) is 2.85. The van der Waals surface area contributed by atoms with Crippen molar-refractivity contribution in [3.63, 3.8) is 0 Å². The second-order valence-electron chi connectivity index (χ2n) is 3.80. The lowest BCUT2D eigenvalue weighted by molar-refractivity contribution is 0.184. The van der Waals surface area contributed by atoms with Crippen LogP contribution in [0.3, 0.4) is 0 Å². The lowest BCUT2D eigenvalue weighted by Gasteiger charge is -2.06. The van der Waals surface area contributed by atoms with Gasteiger partial charge in [-0.05, 0) is 6.07 Å². The molecule has 0 amide bonds. The summed E-state index contributed by atoms with van der Waals surface area (Å²) in [5.41, 5.74) is 0.311. The summed E-state index contributed by atoms with van der Waals surface area (Å²) >= 11 is 1.31. The SMILES string of the molecule is COCCn1cnnc1SCc1cccc(F)c1F. The fourth-order valence-corrected chi connectivity index (χ4v) is 2.42. The lowest BCUT2D eigenvalue weighted by Crippen LogP contribution is -2.04. The third kappa shape index (κ3) is 3.51. The van der Waals surface area contributed by atoms with Crippen molar-refractivity contribution in [1.82, 2.24) is 14.8 Å². The van der Waals surface area contributed by atoms with Crippen LogP contribution in [0.5, 0.6) is 0 Å². The van der Waals surface area contributed by atoms with E-state index in [0.29, 0.717) is 29.6 Å². The van der Waals surface area contributed by atoms with Gasteiger partial charge in [0.15, 0.2) is 16.8 Å². The van der Waals surface area contributed by atoms with Crippen molar-refractivity contribution in [3.8, 4) is 0 Å². The molecule has 1 aromatic heterocycles. The highest BCUT2D eigenvalue weighted by atomic mass is 32.2. The minimum Gasteiger partial charge on any atom is -0.383 e. The summed E-state index contributed by atoms with van der Waals surface area (Å²) < 4.78 is 33.3. The highest BCUT2D eigenvalue weighted by Gasteiger charge is 2.10. The monoisotopic (exact) mass is 285 g/mol. The normalized spacial score (nSPS) is 10.9. The van der Waals surface area contributed by atoms with Gasteiger partial charge in [-0.1, -0.05) is 23.9 Å². The smallest absolute Gasteiger partial charge is 0.191 e. The van der Waals surface area contributed by atoms with Crippen molar-refractivity contribution in [2.75, 3.05) is 13.7 Å². The Morgan fingerprint density at radius 1 is 1.37 bits per heavy atom. The summed E-state index contributed by atoms with van der Waals surface area (Å²) in [6.45, 7) is 1.16. The van der Waals surface area contributed by atoms with Gasteiger partial charge in [0.2, 0.25) is 0 Å². The second-order valence-corrected chi connectivity index (χ2v) is 4.74. The van der Waals surface area contributed by atoms with Crippen LogP contribution in [0.15, 0.2) is 29.7 Å². The Kier molecular flexibility index (Phi) is 4.86. The van der Waals surface area contributed by atoms with E-state index in [1.165, 1.54) is 17.8 Å². The average molecular weight is 285 g/mol. The molecule has 0 aliphatic carbocycles. The fourth-order valence-electron chi connectivity index (χ4n) is 1.50. The molecule has 0 unspecified atom stereocenters. The van der Waals surface area contributed by atoms with Gasteiger partial charge in [0, 0.05) is 25.0 Å². The summed E-state index contributed by atoms with van der Waals surface area (Å²) in [6, 6.07) is 4.15. The van der Waals surface area contributed by atoms with Gasteiger partial charge in [-0.3, -0.25) is 0 Å². The summed E-state index contributed by atoms with van der Waals surface area (Å²) in [4.78, 5) is 0. The Morgan fingerprint density at radius 2 is 2.21 bits per heavy atom. The second kappa shape index (κ2) is 6.63. The molecule has 0 saturated carbocycles. The van der Waals surface area contributed by atoms with Gasteiger partial charge in [-0.25, -0.2) is 8.78 Å². The molecule has 0 aliphatic rings. The zero-order valence-corrected chi connectivity index (χ0v) is 11.2. The summed E-state index contributed by atoms with van der Waals surface area (Å²) in [7, 11) is 1.61. The van der Waals surface area contributed by atoms with Crippen molar-refractivity contribution in [2.45, 2.75) is 17.5 Å². The first kappa shape index (κ1) is 14.0. The predicted octanol–water partition coefficient (Wildman–Crippen LogP) is 2.50. The maximum atomic E-state index is 13.5. The molecule has 0 radical (unpaired) electrons. The van der Waals surface area contributed by atoms with E-state index in [9.17, 15) is 8.78 Å². The minimum absolute atomic E-state index is 0.301. The first-order valence-electron chi connectivity index (χ1n) is 5.65. The molecule has 0 saturated heterocycles. The van der Waals surface area contributed by atoms with Gasteiger partial charge in [0.25, 0.3) is 0 Å². The number of benzene rings is 1. The van der Waals surface area contributed by atoms with Crippen LogP contribution in [0.1, 0.15) is 5.56 Å². The molecular formula is C12H13F2N3OS. The number of hydrogen-bond acceptors (Lipinski definition) is 4. The van der Waals surface area contributed by atoms with E-state index >= 15 is 0 Å². The maximum absolute atomic E-state index is 13.5. The molecule has 0 bridgehead atoms. The van der Waals surface area contributed by atoms with E-state index in [4.69, 9.17) is 4.74 Å². The van der Waals surface area contributed by atoms with Gasteiger partial charge in [-0.2, -0.15) is 0 Å². The lowest BCUT2D eigenvalue weighted by atomic mass is 10.2.